The van der Waals surface area contributed by atoms with Crippen molar-refractivity contribution in [2.24, 2.45) is 0 Å². The van der Waals surface area contributed by atoms with Crippen molar-refractivity contribution >= 4 is 40.0 Å². The van der Waals surface area contributed by atoms with Crippen molar-refractivity contribution in [3.05, 3.63) is 229 Å². The zero-order valence-electron chi connectivity index (χ0n) is 30.6. The van der Waals surface area contributed by atoms with Gasteiger partial charge >= 0.3 is 0 Å². The Balaban J connectivity index is 1.12. The van der Waals surface area contributed by atoms with Crippen LogP contribution in [0.15, 0.2) is 206 Å². The molecule has 0 saturated carbocycles. The van der Waals surface area contributed by atoms with E-state index in [2.05, 4.69) is 219 Å². The van der Waals surface area contributed by atoms with Crippen LogP contribution in [0.1, 0.15) is 22.3 Å². The minimum absolute atomic E-state index is 0.396. The van der Waals surface area contributed by atoms with E-state index in [1.807, 2.05) is 0 Å². The first-order valence-corrected chi connectivity index (χ1v) is 22.0. The van der Waals surface area contributed by atoms with E-state index in [1.54, 1.807) is 0 Å². The van der Waals surface area contributed by atoms with Crippen molar-refractivity contribution in [2.45, 2.75) is 18.5 Å². The number of fused-ring (bicyclic) bond motifs is 5. The fourth-order valence-corrected chi connectivity index (χ4v) is 11.7. The third-order valence-electron chi connectivity index (χ3n) is 12.1. The summed E-state index contributed by atoms with van der Waals surface area (Å²) in [5.74, 6) is 0. The molecule has 0 spiro atoms. The zero-order chi connectivity index (χ0) is 36.3. The van der Waals surface area contributed by atoms with Gasteiger partial charge in [-0.15, -0.1) is 0 Å². The van der Waals surface area contributed by atoms with Gasteiger partial charge in [0.15, 0.2) is 0 Å². The molecule has 1 heteroatoms. The topological polar surface area (TPSA) is 0 Å². The average molecular weight is 705 g/mol. The van der Waals surface area contributed by atoms with Crippen molar-refractivity contribution in [1.29, 1.82) is 0 Å². The Morgan fingerprint density at radius 1 is 0.333 bits per heavy atom. The highest BCUT2D eigenvalue weighted by Crippen LogP contribution is 2.55. The maximum absolute atomic E-state index is 2.57. The molecule has 0 atom stereocenters. The lowest BCUT2D eigenvalue weighted by atomic mass is 9.68. The van der Waals surface area contributed by atoms with Crippen molar-refractivity contribution < 1.29 is 0 Å². The molecule has 0 amide bonds. The van der Waals surface area contributed by atoms with Crippen molar-refractivity contribution in [1.82, 2.24) is 0 Å². The molecule has 0 bridgehead atoms. The molecule has 9 aromatic rings. The van der Waals surface area contributed by atoms with E-state index < -0.39 is 13.5 Å². The van der Waals surface area contributed by atoms with Crippen LogP contribution in [0.4, 0.5) is 0 Å². The summed E-state index contributed by atoms with van der Waals surface area (Å²) in [5, 5.41) is 8.03. The number of hydrogen-bond donors (Lipinski definition) is 0. The van der Waals surface area contributed by atoms with Crippen LogP contribution in [0.5, 0.6) is 0 Å². The third kappa shape index (κ3) is 4.82. The predicted octanol–water partition coefficient (Wildman–Crippen LogP) is 12.5. The molecule has 0 radical (unpaired) electrons. The summed E-state index contributed by atoms with van der Waals surface area (Å²) in [6, 6.07) is 77.0. The van der Waals surface area contributed by atoms with Gasteiger partial charge in [-0.2, -0.15) is 0 Å². The highest BCUT2D eigenvalue weighted by molar-refractivity contribution is 7.00. The molecule has 0 saturated heterocycles. The second kappa shape index (κ2) is 12.7. The van der Waals surface area contributed by atoms with Gasteiger partial charge in [0.2, 0.25) is 0 Å². The highest BCUT2D eigenvalue weighted by atomic mass is 28.3. The van der Waals surface area contributed by atoms with E-state index >= 15 is 0 Å². The number of benzene rings is 9. The second-order valence-corrected chi connectivity index (χ2v) is 19.6. The van der Waals surface area contributed by atoms with E-state index in [0.29, 0.717) is 0 Å². The van der Waals surface area contributed by atoms with Crippen LogP contribution in [0.3, 0.4) is 0 Å². The quantitative estimate of drug-likeness (QED) is 0.119. The van der Waals surface area contributed by atoms with Crippen molar-refractivity contribution in [3.63, 3.8) is 0 Å². The monoisotopic (exact) mass is 704 g/mol. The summed E-state index contributed by atoms with van der Waals surface area (Å²) in [7, 11) is -2.15. The zero-order valence-corrected chi connectivity index (χ0v) is 31.6. The maximum Gasteiger partial charge on any atom is 0.112 e. The fourth-order valence-electron chi connectivity index (χ4n) is 9.41. The minimum Gasteiger partial charge on any atom is -0.0622 e. The largest absolute Gasteiger partial charge is 0.112 e. The molecule has 1 aliphatic carbocycles. The van der Waals surface area contributed by atoms with Crippen molar-refractivity contribution in [2.75, 3.05) is 0 Å². The van der Waals surface area contributed by atoms with Gasteiger partial charge in [0.05, 0.1) is 5.41 Å². The molecule has 0 aliphatic heterocycles. The summed E-state index contributed by atoms with van der Waals surface area (Å²) in [6.45, 7) is 5.02. The molecule has 0 unspecified atom stereocenters. The standard InChI is InChI=1S/C53H40Si/c1-54(2,42-34-35-44-43-24-16-17-29-49(43)53(50(44)36-42,39-20-8-4-9-21-39)40-22-10-5-11-23-40)41-32-30-38(31-33-41)52-47-27-14-12-25-45(47)51(37-18-6-3-7-19-37)46-26-13-15-28-48(46)52/h3-36H,1-2H3. The van der Waals surface area contributed by atoms with Gasteiger partial charge in [-0.3, -0.25) is 0 Å². The van der Waals surface area contributed by atoms with E-state index in [0.717, 1.165) is 0 Å². The van der Waals surface area contributed by atoms with Crippen LogP contribution in [-0.4, -0.2) is 8.07 Å². The van der Waals surface area contributed by atoms with E-state index in [-0.39, 0.29) is 0 Å². The smallest absolute Gasteiger partial charge is 0.0622 e. The van der Waals surface area contributed by atoms with Crippen LogP contribution < -0.4 is 10.4 Å². The Morgan fingerprint density at radius 2 is 0.741 bits per heavy atom. The van der Waals surface area contributed by atoms with Crippen LogP contribution >= 0.6 is 0 Å². The van der Waals surface area contributed by atoms with E-state index in [1.165, 1.54) is 87.6 Å². The summed E-state index contributed by atoms with van der Waals surface area (Å²) in [5.41, 5.74) is 12.7. The van der Waals surface area contributed by atoms with E-state index in [4.69, 9.17) is 0 Å². The number of rotatable bonds is 6. The summed E-state index contributed by atoms with van der Waals surface area (Å²) in [6.07, 6.45) is 0. The molecule has 1 aliphatic rings. The average Bonchev–Trinajstić information content (AvgIpc) is 3.54. The first kappa shape index (κ1) is 32.4. The molecule has 9 aromatic carbocycles. The van der Waals surface area contributed by atoms with Crippen LogP contribution in [-0.2, 0) is 5.41 Å². The summed E-state index contributed by atoms with van der Waals surface area (Å²) >= 11 is 0. The lowest BCUT2D eigenvalue weighted by molar-refractivity contribution is 0.769. The summed E-state index contributed by atoms with van der Waals surface area (Å²) in [4.78, 5) is 0. The first-order chi connectivity index (χ1) is 26.6. The molecule has 10 rings (SSSR count). The lowest BCUT2D eigenvalue weighted by Crippen LogP contribution is -2.53. The van der Waals surface area contributed by atoms with Crippen molar-refractivity contribution in [3.8, 4) is 33.4 Å². The van der Waals surface area contributed by atoms with Gasteiger partial charge in [0.1, 0.15) is 8.07 Å². The second-order valence-electron chi connectivity index (χ2n) is 15.2. The van der Waals surface area contributed by atoms with Crippen LogP contribution in [0.2, 0.25) is 13.1 Å². The molecule has 0 heterocycles. The number of hydrogen-bond acceptors (Lipinski definition) is 0. The van der Waals surface area contributed by atoms with Gasteiger partial charge in [-0.1, -0.05) is 230 Å². The van der Waals surface area contributed by atoms with Gasteiger partial charge in [-0.05, 0) is 77.2 Å². The van der Waals surface area contributed by atoms with Gasteiger partial charge in [-0.25, -0.2) is 0 Å². The Hall–Kier alpha value is -6.28. The molecular formula is C53H40Si. The Labute approximate surface area is 319 Å². The minimum atomic E-state index is -2.15. The third-order valence-corrected chi connectivity index (χ3v) is 15.6. The van der Waals surface area contributed by atoms with Gasteiger partial charge < -0.3 is 0 Å². The highest BCUT2D eigenvalue weighted by Gasteiger charge is 2.46. The molecule has 54 heavy (non-hydrogen) atoms. The summed E-state index contributed by atoms with van der Waals surface area (Å²) < 4.78 is 0. The van der Waals surface area contributed by atoms with Crippen LogP contribution in [0, 0.1) is 0 Å². The first-order valence-electron chi connectivity index (χ1n) is 19.0. The van der Waals surface area contributed by atoms with Gasteiger partial charge in [0.25, 0.3) is 0 Å². The molecule has 0 nitrogen and oxygen atoms in total. The SMILES string of the molecule is C[Si](C)(c1ccc(-c2c3ccccc3c(-c3ccccc3)c3ccccc23)cc1)c1ccc2c(c1)C(c1ccccc1)(c1ccccc1)c1ccccc1-2. The predicted molar refractivity (Wildman–Crippen MR) is 233 cm³/mol. The molecule has 0 fully saturated rings. The molecule has 0 aromatic heterocycles. The fraction of sp³-hybridized carbons (Fsp3) is 0.0566. The molecule has 0 N–H and O–H groups in total. The normalized spacial score (nSPS) is 13.1. The van der Waals surface area contributed by atoms with Crippen LogP contribution in [0.25, 0.3) is 54.9 Å². The van der Waals surface area contributed by atoms with E-state index in [9.17, 15) is 0 Å². The Kier molecular flexibility index (Phi) is 7.61. The lowest BCUT2D eigenvalue weighted by Gasteiger charge is -2.35. The maximum atomic E-state index is 2.57. The molecular weight excluding hydrogens is 665 g/mol. The Morgan fingerprint density at radius 3 is 1.28 bits per heavy atom. The van der Waals surface area contributed by atoms with Gasteiger partial charge in [0, 0.05) is 0 Å². The molecule has 256 valence electrons. The Bertz CT molecular complexity index is 2720.